The van der Waals surface area contributed by atoms with Gasteiger partial charge in [-0.15, -0.1) is 11.3 Å². The molecule has 0 aromatic carbocycles. The summed E-state index contributed by atoms with van der Waals surface area (Å²) in [5.74, 6) is -0.910. The molecule has 2 N–H and O–H groups in total. The number of aliphatic hydroxyl groups excluding tert-OH is 1. The highest BCUT2D eigenvalue weighted by atomic mass is 32.1. The highest BCUT2D eigenvalue weighted by Crippen LogP contribution is 2.26. The summed E-state index contributed by atoms with van der Waals surface area (Å²) in [6, 6.07) is 3.54. The fourth-order valence-corrected chi connectivity index (χ4v) is 3.06. The number of carboxylic acids is 1. The van der Waals surface area contributed by atoms with E-state index in [9.17, 15) is 14.7 Å². The molecule has 0 saturated heterocycles. The summed E-state index contributed by atoms with van der Waals surface area (Å²) in [5.41, 5.74) is -0.167. The maximum Gasteiger partial charge on any atom is 0.325 e. The van der Waals surface area contributed by atoms with E-state index in [4.69, 9.17) is 5.11 Å². The first kappa shape index (κ1) is 12.8. The number of hydrogen-bond donors (Lipinski definition) is 2. The number of carboxylic acid groups (broad SMARTS) is 1. The Labute approximate surface area is 116 Å². The van der Waals surface area contributed by atoms with Crippen LogP contribution in [-0.4, -0.2) is 30.4 Å². The third kappa shape index (κ3) is 1.81. The number of rotatable bonds is 3. The van der Waals surface area contributed by atoms with Crippen LogP contribution in [0.2, 0.25) is 0 Å². The van der Waals surface area contributed by atoms with Crippen LogP contribution in [-0.2, 0) is 11.3 Å². The summed E-state index contributed by atoms with van der Waals surface area (Å²) < 4.78 is 2.45. The summed E-state index contributed by atoms with van der Waals surface area (Å²) in [6.07, 6.45) is -0.921. The van der Waals surface area contributed by atoms with Crippen LogP contribution in [0.25, 0.3) is 15.7 Å². The molecule has 8 heteroatoms. The van der Waals surface area contributed by atoms with Crippen molar-refractivity contribution in [1.29, 1.82) is 0 Å². The molecule has 7 nitrogen and oxygen atoms in total. The molecular weight excluding hydrogens is 282 g/mol. The number of aliphatic carboxylic acids is 1. The summed E-state index contributed by atoms with van der Waals surface area (Å²) in [4.78, 5) is 23.8. The first-order chi connectivity index (χ1) is 9.49. The first-order valence-electron chi connectivity index (χ1n) is 5.88. The van der Waals surface area contributed by atoms with Crippen LogP contribution >= 0.6 is 11.3 Å². The molecule has 3 heterocycles. The van der Waals surface area contributed by atoms with Crippen molar-refractivity contribution in [3.05, 3.63) is 33.7 Å². The highest BCUT2D eigenvalue weighted by Gasteiger charge is 2.18. The Morgan fingerprint density at radius 1 is 1.55 bits per heavy atom. The van der Waals surface area contributed by atoms with Crippen LogP contribution < -0.4 is 5.56 Å². The van der Waals surface area contributed by atoms with E-state index in [1.165, 1.54) is 18.3 Å². The van der Waals surface area contributed by atoms with Crippen molar-refractivity contribution >= 4 is 33.0 Å². The number of nitrogens with zero attached hydrogens (tertiary/aromatic N) is 3. The lowest BCUT2D eigenvalue weighted by Crippen LogP contribution is -2.30. The van der Waals surface area contributed by atoms with Gasteiger partial charge in [0, 0.05) is 5.39 Å². The fraction of sp³-hybridized carbons (Fsp3) is 0.250. The van der Waals surface area contributed by atoms with Crippen LogP contribution in [0.4, 0.5) is 0 Å². The molecule has 0 saturated carbocycles. The largest absolute Gasteiger partial charge is 0.480 e. The number of hydrogen-bond acceptors (Lipinski definition) is 5. The molecule has 0 fully saturated rings. The Balaban J connectivity index is 2.44. The van der Waals surface area contributed by atoms with Gasteiger partial charge in [-0.3, -0.25) is 14.0 Å². The van der Waals surface area contributed by atoms with Crippen molar-refractivity contribution in [2.75, 3.05) is 0 Å². The number of carbonyl (C=O) groups is 1. The van der Waals surface area contributed by atoms with Crippen LogP contribution in [0.15, 0.2) is 22.3 Å². The van der Waals surface area contributed by atoms with Gasteiger partial charge in [0.25, 0.3) is 5.56 Å². The molecule has 20 heavy (non-hydrogen) atoms. The van der Waals surface area contributed by atoms with E-state index in [2.05, 4.69) is 5.10 Å². The molecule has 0 bridgehead atoms. The van der Waals surface area contributed by atoms with E-state index >= 15 is 0 Å². The van der Waals surface area contributed by atoms with Gasteiger partial charge < -0.3 is 10.2 Å². The maximum atomic E-state index is 12.2. The predicted octanol–water partition coefficient (Wildman–Crippen LogP) is 0.849. The van der Waals surface area contributed by atoms with Crippen molar-refractivity contribution in [3.63, 3.8) is 0 Å². The quantitative estimate of drug-likeness (QED) is 0.746. The number of fused-ring (bicyclic) bond motifs is 3. The van der Waals surface area contributed by atoms with E-state index in [0.717, 1.165) is 14.9 Å². The van der Waals surface area contributed by atoms with Gasteiger partial charge in [-0.1, -0.05) is 0 Å². The minimum Gasteiger partial charge on any atom is -0.480 e. The van der Waals surface area contributed by atoms with E-state index in [-0.39, 0.29) is 5.82 Å². The zero-order valence-electron chi connectivity index (χ0n) is 10.5. The minimum absolute atomic E-state index is 0.248. The first-order valence-corrected chi connectivity index (χ1v) is 6.76. The van der Waals surface area contributed by atoms with Crippen LogP contribution in [0.5, 0.6) is 0 Å². The zero-order chi connectivity index (χ0) is 14.4. The van der Waals surface area contributed by atoms with E-state index < -0.39 is 24.2 Å². The van der Waals surface area contributed by atoms with Gasteiger partial charge in [0.2, 0.25) is 0 Å². The molecule has 104 valence electrons. The lowest BCUT2D eigenvalue weighted by molar-refractivity contribution is -0.138. The average molecular weight is 293 g/mol. The second-order valence-electron chi connectivity index (χ2n) is 4.44. The molecule has 0 spiro atoms. The molecule has 0 aliphatic rings. The number of aliphatic hydroxyl groups is 1. The second-order valence-corrected chi connectivity index (χ2v) is 5.33. The van der Waals surface area contributed by atoms with Gasteiger partial charge in [-0.05, 0) is 24.4 Å². The monoisotopic (exact) mass is 293 g/mol. The number of aromatic nitrogens is 3. The Kier molecular flexibility index (Phi) is 2.84. The molecular formula is C12H11N3O4S. The molecule has 3 aromatic heterocycles. The molecule has 0 amide bonds. The molecule has 0 aliphatic heterocycles. The summed E-state index contributed by atoms with van der Waals surface area (Å²) in [5, 5.41) is 25.4. The summed E-state index contributed by atoms with van der Waals surface area (Å²) in [6.45, 7) is 0.991. The van der Waals surface area contributed by atoms with Crippen LogP contribution in [0, 0.1) is 0 Å². The van der Waals surface area contributed by atoms with E-state index in [1.807, 2.05) is 11.4 Å². The van der Waals surface area contributed by atoms with Crippen molar-refractivity contribution in [1.82, 2.24) is 14.2 Å². The fourth-order valence-electron chi connectivity index (χ4n) is 2.16. The van der Waals surface area contributed by atoms with E-state index in [0.29, 0.717) is 5.52 Å². The van der Waals surface area contributed by atoms with Crippen molar-refractivity contribution in [2.24, 2.45) is 0 Å². The maximum absolute atomic E-state index is 12.2. The Hall–Kier alpha value is -2.19. The Morgan fingerprint density at radius 3 is 2.95 bits per heavy atom. The van der Waals surface area contributed by atoms with Crippen molar-refractivity contribution < 1.29 is 15.0 Å². The van der Waals surface area contributed by atoms with Crippen molar-refractivity contribution in [2.45, 2.75) is 19.6 Å². The zero-order valence-corrected chi connectivity index (χ0v) is 11.3. The Morgan fingerprint density at radius 2 is 2.30 bits per heavy atom. The summed E-state index contributed by atoms with van der Waals surface area (Å²) >= 11 is 1.43. The molecule has 0 aliphatic carbocycles. The van der Waals surface area contributed by atoms with Gasteiger partial charge in [-0.2, -0.15) is 5.10 Å². The highest BCUT2D eigenvalue weighted by molar-refractivity contribution is 7.16. The Bertz CT molecular complexity index is 874. The van der Waals surface area contributed by atoms with Crippen molar-refractivity contribution in [3.8, 4) is 0 Å². The standard InChI is InChI=1S/C12H11N3O4S/c1-6(16)10-13-14(5-9(17)18)11(19)8-4-7-2-3-20-12(7)15(8)10/h2-4,6,16H,5H2,1H3,(H,17,18). The molecule has 1 unspecified atom stereocenters. The molecule has 3 aromatic rings. The number of thiophene rings is 1. The smallest absolute Gasteiger partial charge is 0.325 e. The minimum atomic E-state index is -1.16. The van der Waals surface area contributed by atoms with Gasteiger partial charge in [0.05, 0.1) is 0 Å². The van der Waals surface area contributed by atoms with Gasteiger partial charge in [-0.25, -0.2) is 4.68 Å². The molecule has 1 atom stereocenters. The van der Waals surface area contributed by atoms with Gasteiger partial charge in [0.15, 0.2) is 5.82 Å². The lowest BCUT2D eigenvalue weighted by Gasteiger charge is -2.11. The molecule has 3 rings (SSSR count). The molecule has 0 radical (unpaired) electrons. The van der Waals surface area contributed by atoms with Crippen LogP contribution in [0.3, 0.4) is 0 Å². The third-order valence-corrected chi connectivity index (χ3v) is 3.89. The summed E-state index contributed by atoms with van der Waals surface area (Å²) in [7, 11) is 0. The van der Waals surface area contributed by atoms with E-state index in [1.54, 1.807) is 10.5 Å². The SMILES string of the molecule is CC(O)c1nn(CC(=O)O)c(=O)c2cc3ccsc3n12. The topological polar surface area (TPSA) is 96.8 Å². The third-order valence-electron chi connectivity index (χ3n) is 2.97. The van der Waals surface area contributed by atoms with Gasteiger partial charge >= 0.3 is 5.97 Å². The second kappa shape index (κ2) is 4.43. The van der Waals surface area contributed by atoms with Gasteiger partial charge in [0.1, 0.15) is 23.0 Å². The predicted molar refractivity (Wildman–Crippen MR) is 73.1 cm³/mol. The average Bonchev–Trinajstić information content (AvgIpc) is 2.92. The van der Waals surface area contributed by atoms with Crippen LogP contribution in [0.1, 0.15) is 18.9 Å². The normalized spacial score (nSPS) is 13.1. The lowest BCUT2D eigenvalue weighted by atomic mass is 10.4.